The van der Waals surface area contributed by atoms with Crippen molar-refractivity contribution in [1.29, 1.82) is 0 Å². The zero-order chi connectivity index (χ0) is 21.5. The molecular formula is C26H30N6. The normalized spacial score (nSPS) is 20.7. The van der Waals surface area contributed by atoms with Crippen LogP contribution in [-0.2, 0) is 18.4 Å². The van der Waals surface area contributed by atoms with E-state index < -0.39 is 0 Å². The molecule has 2 aromatic heterocycles. The van der Waals surface area contributed by atoms with Crippen LogP contribution in [-0.4, -0.2) is 34.6 Å². The third-order valence-electron chi connectivity index (χ3n) is 7.70. The largest absolute Gasteiger partial charge is 0.384 e. The van der Waals surface area contributed by atoms with Gasteiger partial charge in [0.1, 0.15) is 18.0 Å². The molecule has 3 aliphatic rings. The summed E-state index contributed by atoms with van der Waals surface area (Å²) in [5, 5.41) is 7.23. The molecule has 1 fully saturated rings. The Morgan fingerprint density at radius 3 is 2.84 bits per heavy atom. The molecule has 6 rings (SSSR count). The lowest BCUT2D eigenvalue weighted by molar-refractivity contribution is 0.358. The van der Waals surface area contributed by atoms with Crippen molar-refractivity contribution in [2.45, 2.75) is 50.5 Å². The third-order valence-corrected chi connectivity index (χ3v) is 7.70. The molecule has 2 aliphatic heterocycles. The second-order valence-corrected chi connectivity index (χ2v) is 9.53. The van der Waals surface area contributed by atoms with E-state index in [9.17, 15) is 0 Å². The second-order valence-electron chi connectivity index (χ2n) is 9.53. The summed E-state index contributed by atoms with van der Waals surface area (Å²) in [6.45, 7) is 6.22. The van der Waals surface area contributed by atoms with Crippen LogP contribution in [0.2, 0.25) is 0 Å². The van der Waals surface area contributed by atoms with E-state index in [1.807, 2.05) is 24.4 Å². The maximum Gasteiger partial charge on any atom is 0.135 e. The second kappa shape index (κ2) is 7.76. The first-order valence-electron chi connectivity index (χ1n) is 11.8. The highest BCUT2D eigenvalue weighted by atomic mass is 15.2. The number of nitrogens with one attached hydrogen (secondary N) is 2. The summed E-state index contributed by atoms with van der Waals surface area (Å²) < 4.78 is 0. The Bertz CT molecular complexity index is 1120. The monoisotopic (exact) mass is 426 g/mol. The van der Waals surface area contributed by atoms with Crippen LogP contribution in [0.3, 0.4) is 0 Å². The van der Waals surface area contributed by atoms with Crippen LogP contribution in [0.15, 0.2) is 48.9 Å². The molecule has 1 atom stereocenters. The first-order chi connectivity index (χ1) is 15.7. The summed E-state index contributed by atoms with van der Waals surface area (Å²) in [6, 6.07) is 12.7. The van der Waals surface area contributed by atoms with Crippen molar-refractivity contribution in [2.24, 2.45) is 0 Å². The summed E-state index contributed by atoms with van der Waals surface area (Å²) in [4.78, 5) is 16.2. The number of aryl methyl sites for hydroxylation is 1. The highest BCUT2D eigenvalue weighted by molar-refractivity contribution is 5.65. The van der Waals surface area contributed by atoms with Crippen LogP contribution in [0.1, 0.15) is 54.5 Å². The number of hydrogen-bond acceptors (Lipinski definition) is 6. The highest BCUT2D eigenvalue weighted by Crippen LogP contribution is 2.47. The molecule has 1 spiro atoms. The molecular weight excluding hydrogens is 396 g/mol. The Morgan fingerprint density at radius 1 is 1.09 bits per heavy atom. The van der Waals surface area contributed by atoms with Gasteiger partial charge in [-0.25, -0.2) is 15.0 Å². The van der Waals surface area contributed by atoms with E-state index in [0.29, 0.717) is 5.92 Å². The molecule has 0 saturated carbocycles. The van der Waals surface area contributed by atoms with Crippen molar-refractivity contribution in [1.82, 2.24) is 15.0 Å². The summed E-state index contributed by atoms with van der Waals surface area (Å²) in [5.41, 5.74) is 7.03. The predicted molar refractivity (Wildman–Crippen MR) is 128 cm³/mol. The molecule has 1 saturated heterocycles. The first-order valence-corrected chi connectivity index (χ1v) is 11.8. The van der Waals surface area contributed by atoms with Crippen molar-refractivity contribution in [3.05, 3.63) is 71.3 Å². The van der Waals surface area contributed by atoms with E-state index >= 15 is 0 Å². The van der Waals surface area contributed by atoms with Crippen LogP contribution in [0.5, 0.6) is 0 Å². The Hall–Kier alpha value is -3.15. The number of piperidine rings is 1. The average Bonchev–Trinajstić information content (AvgIpc) is 3.40. The topological polar surface area (TPSA) is 66.0 Å². The van der Waals surface area contributed by atoms with E-state index in [1.165, 1.54) is 40.3 Å². The molecule has 6 heteroatoms. The molecule has 0 amide bonds. The van der Waals surface area contributed by atoms with Gasteiger partial charge < -0.3 is 15.5 Å². The number of rotatable bonds is 4. The molecule has 0 radical (unpaired) electrons. The zero-order valence-corrected chi connectivity index (χ0v) is 18.6. The number of anilines is 3. The number of aromatic nitrogens is 3. The minimum atomic E-state index is 0.191. The zero-order valence-electron chi connectivity index (χ0n) is 18.6. The quantitative estimate of drug-likeness (QED) is 0.641. The van der Waals surface area contributed by atoms with Gasteiger partial charge in [0, 0.05) is 54.7 Å². The molecule has 2 N–H and O–H groups in total. The first kappa shape index (κ1) is 19.5. The lowest BCUT2D eigenvalue weighted by Crippen LogP contribution is -2.45. The predicted octanol–water partition coefficient (Wildman–Crippen LogP) is 4.50. The summed E-state index contributed by atoms with van der Waals surface area (Å²) in [6.07, 6.45) is 8.17. The van der Waals surface area contributed by atoms with Gasteiger partial charge in [0.25, 0.3) is 0 Å². The number of hydrogen-bond donors (Lipinski definition) is 2. The third kappa shape index (κ3) is 3.20. The summed E-state index contributed by atoms with van der Waals surface area (Å²) in [7, 11) is 0. The minimum absolute atomic E-state index is 0.191. The summed E-state index contributed by atoms with van der Waals surface area (Å²) >= 11 is 0. The van der Waals surface area contributed by atoms with Gasteiger partial charge in [-0.3, -0.25) is 0 Å². The van der Waals surface area contributed by atoms with Crippen molar-refractivity contribution < 1.29 is 0 Å². The Kier molecular flexibility index (Phi) is 4.74. The van der Waals surface area contributed by atoms with E-state index in [-0.39, 0.29) is 5.41 Å². The smallest absolute Gasteiger partial charge is 0.135 e. The van der Waals surface area contributed by atoms with Crippen molar-refractivity contribution in [3.8, 4) is 0 Å². The maximum atomic E-state index is 4.75. The molecule has 4 heterocycles. The van der Waals surface area contributed by atoms with Gasteiger partial charge in [0.2, 0.25) is 0 Å². The molecule has 32 heavy (non-hydrogen) atoms. The van der Waals surface area contributed by atoms with Crippen LogP contribution in [0.4, 0.5) is 17.3 Å². The van der Waals surface area contributed by atoms with Crippen molar-refractivity contribution >= 4 is 17.3 Å². The minimum Gasteiger partial charge on any atom is -0.384 e. The van der Waals surface area contributed by atoms with Crippen LogP contribution in [0, 0.1) is 0 Å². The average molecular weight is 427 g/mol. The fourth-order valence-electron chi connectivity index (χ4n) is 5.98. The van der Waals surface area contributed by atoms with E-state index in [4.69, 9.17) is 4.98 Å². The fraction of sp³-hybridized carbons (Fsp3) is 0.423. The van der Waals surface area contributed by atoms with E-state index in [2.05, 4.69) is 50.6 Å². The fourth-order valence-corrected chi connectivity index (χ4v) is 5.98. The van der Waals surface area contributed by atoms with E-state index in [1.54, 1.807) is 6.33 Å². The number of benzene rings is 1. The lowest BCUT2D eigenvalue weighted by Gasteiger charge is -2.41. The van der Waals surface area contributed by atoms with Crippen LogP contribution in [0.25, 0.3) is 0 Å². The Balaban J connectivity index is 1.24. The SMILES string of the molecule is CC1CCc2ncnc(N3CCC4(CC3)CNc3cccc(CNc5ccccn5)c34)c21. The number of pyridine rings is 1. The van der Waals surface area contributed by atoms with Gasteiger partial charge in [0.15, 0.2) is 0 Å². The molecule has 0 bridgehead atoms. The molecule has 1 unspecified atom stereocenters. The number of nitrogens with zero attached hydrogens (tertiary/aromatic N) is 4. The van der Waals surface area contributed by atoms with Gasteiger partial charge in [-0.15, -0.1) is 0 Å². The van der Waals surface area contributed by atoms with Gasteiger partial charge in [-0.1, -0.05) is 25.1 Å². The van der Waals surface area contributed by atoms with Crippen LogP contribution < -0.4 is 15.5 Å². The number of fused-ring (bicyclic) bond motifs is 3. The summed E-state index contributed by atoms with van der Waals surface area (Å²) in [5.74, 6) is 2.67. The molecule has 164 valence electrons. The molecule has 1 aromatic carbocycles. The molecule has 6 nitrogen and oxygen atoms in total. The van der Waals surface area contributed by atoms with Gasteiger partial charge in [-0.2, -0.15) is 0 Å². The van der Waals surface area contributed by atoms with Gasteiger partial charge in [0.05, 0.1) is 0 Å². The van der Waals surface area contributed by atoms with Crippen molar-refractivity contribution in [3.63, 3.8) is 0 Å². The van der Waals surface area contributed by atoms with E-state index in [0.717, 1.165) is 51.3 Å². The molecule has 1 aliphatic carbocycles. The van der Waals surface area contributed by atoms with Crippen molar-refractivity contribution in [2.75, 3.05) is 35.2 Å². The molecule has 3 aromatic rings. The van der Waals surface area contributed by atoms with Gasteiger partial charge in [-0.05, 0) is 60.9 Å². The Labute approximate surface area is 189 Å². The Morgan fingerprint density at radius 2 is 2.00 bits per heavy atom. The maximum absolute atomic E-state index is 4.75. The van der Waals surface area contributed by atoms with Gasteiger partial charge >= 0.3 is 0 Å². The lowest BCUT2D eigenvalue weighted by atomic mass is 9.72. The highest BCUT2D eigenvalue weighted by Gasteiger charge is 2.43. The standard InChI is InChI=1S/C26H30N6/c1-18-8-9-20-23(18)25(31-17-30-20)32-13-10-26(11-14-32)16-29-21-6-4-5-19(24(21)26)15-28-22-7-2-3-12-27-22/h2-7,12,17-18,29H,8-11,13-16H2,1H3,(H,27,28). The van der Waals surface area contributed by atoms with Crippen LogP contribution >= 0.6 is 0 Å².